The first kappa shape index (κ1) is 32.7. The lowest BCUT2D eigenvalue weighted by atomic mass is 9.88. The number of nitrogens with one attached hydrogen (secondary N) is 2. The highest BCUT2D eigenvalue weighted by atomic mass is 35.5. The van der Waals surface area contributed by atoms with Crippen molar-refractivity contribution >= 4 is 62.9 Å². The smallest absolute Gasteiger partial charge is 0.269 e. The summed E-state index contributed by atoms with van der Waals surface area (Å²) >= 11 is 6.35. The first-order valence-corrected chi connectivity index (χ1v) is 15.5. The third-order valence-corrected chi connectivity index (χ3v) is 8.41. The minimum absolute atomic E-state index is 0. The topological polar surface area (TPSA) is 156 Å². The van der Waals surface area contributed by atoms with Crippen molar-refractivity contribution in [2.24, 2.45) is 5.73 Å². The summed E-state index contributed by atoms with van der Waals surface area (Å²) in [6, 6.07) is 16.3. The van der Waals surface area contributed by atoms with Gasteiger partial charge in [0, 0.05) is 28.8 Å². The van der Waals surface area contributed by atoms with Crippen molar-refractivity contribution in [1.29, 1.82) is 0 Å². The van der Waals surface area contributed by atoms with Crippen molar-refractivity contribution in [1.82, 2.24) is 14.7 Å². The maximum absolute atomic E-state index is 13.3. The van der Waals surface area contributed by atoms with E-state index in [0.717, 1.165) is 17.4 Å². The first-order valence-electron chi connectivity index (χ1n) is 13.2. The van der Waals surface area contributed by atoms with E-state index < -0.39 is 21.7 Å². The zero-order valence-electron chi connectivity index (χ0n) is 24.0. The number of anilines is 2. The van der Waals surface area contributed by atoms with Gasteiger partial charge in [-0.25, -0.2) is 13.1 Å². The fourth-order valence-corrected chi connectivity index (χ4v) is 5.83. The summed E-state index contributed by atoms with van der Waals surface area (Å²) in [6.45, 7) is 0.178. The van der Waals surface area contributed by atoms with Gasteiger partial charge in [-0.05, 0) is 87.1 Å². The minimum atomic E-state index is -3.41. The summed E-state index contributed by atoms with van der Waals surface area (Å²) in [5.41, 5.74) is 10.4. The molecular formula is C30H30Cl2N6O5S. The minimum Gasteiger partial charge on any atom is -0.364 e. The van der Waals surface area contributed by atoms with E-state index in [1.807, 2.05) is 6.07 Å². The van der Waals surface area contributed by atoms with Crippen molar-refractivity contribution in [3.63, 3.8) is 0 Å². The molecule has 0 fully saturated rings. The van der Waals surface area contributed by atoms with Crippen LogP contribution in [0.5, 0.6) is 0 Å². The first-order chi connectivity index (χ1) is 20.3. The van der Waals surface area contributed by atoms with E-state index in [-0.39, 0.29) is 46.0 Å². The average Bonchev–Trinajstić information content (AvgIpc) is 3.34. The van der Waals surface area contributed by atoms with Gasteiger partial charge in [-0.1, -0.05) is 17.7 Å². The standard InChI is InChI=1S/C30H29ClN6O5S.ClH/c1-36(2)16-26(38)33-18-7-13-25(31)24(15-18)30(40)34-19-6-4-17-5-12-22-27(29(32)39)35-37(28(22)23(17)14-19)20-8-10-21(11-9-20)43(3,41)42;/h4,6-11,13-15H,5,12,16H2,1-3H3,(H2,32,39)(H,33,38)(H,34,40);1H. The van der Waals surface area contributed by atoms with E-state index in [2.05, 4.69) is 15.7 Å². The van der Waals surface area contributed by atoms with Crippen molar-refractivity contribution in [2.75, 3.05) is 37.5 Å². The van der Waals surface area contributed by atoms with Gasteiger partial charge in [0.15, 0.2) is 15.5 Å². The SMILES string of the molecule is CN(C)CC(=O)Nc1ccc(Cl)c(C(=O)Nc2ccc3c(c2)-c2c(c(C(N)=O)nn2-c2ccc(S(C)(=O)=O)cc2)CC3)c1.Cl. The number of aryl methyl sites for hydroxylation is 1. The van der Waals surface area contributed by atoms with Crippen LogP contribution in [0.25, 0.3) is 16.9 Å². The molecule has 0 aliphatic heterocycles. The van der Waals surface area contributed by atoms with Gasteiger partial charge in [0.1, 0.15) is 0 Å². The van der Waals surface area contributed by atoms with Crippen LogP contribution in [0.15, 0.2) is 65.6 Å². The molecule has 0 bridgehead atoms. The van der Waals surface area contributed by atoms with Gasteiger partial charge in [0.05, 0.1) is 33.4 Å². The van der Waals surface area contributed by atoms with Gasteiger partial charge in [-0.3, -0.25) is 14.4 Å². The Kier molecular flexibility index (Phi) is 9.50. The molecule has 0 atom stereocenters. The number of halogens is 2. The zero-order chi connectivity index (χ0) is 31.1. The molecule has 0 saturated heterocycles. The molecular weight excluding hydrogens is 627 g/mol. The van der Waals surface area contributed by atoms with E-state index in [0.29, 0.717) is 41.2 Å². The number of benzene rings is 3. The molecule has 1 heterocycles. The Hall–Kier alpha value is -4.23. The molecule has 14 heteroatoms. The van der Waals surface area contributed by atoms with Crippen LogP contribution >= 0.6 is 24.0 Å². The number of hydrogen-bond donors (Lipinski definition) is 3. The van der Waals surface area contributed by atoms with Crippen LogP contribution in [0.3, 0.4) is 0 Å². The summed E-state index contributed by atoms with van der Waals surface area (Å²) in [6.07, 6.45) is 2.27. The van der Waals surface area contributed by atoms with Gasteiger partial charge in [-0.15, -0.1) is 12.4 Å². The fraction of sp³-hybridized carbons (Fsp3) is 0.200. The van der Waals surface area contributed by atoms with Gasteiger partial charge in [0.25, 0.3) is 11.8 Å². The summed E-state index contributed by atoms with van der Waals surface area (Å²) in [4.78, 5) is 39.7. The maximum atomic E-state index is 13.3. The number of fused-ring (bicyclic) bond motifs is 3. The molecule has 44 heavy (non-hydrogen) atoms. The second kappa shape index (κ2) is 12.8. The molecule has 5 rings (SSSR count). The number of nitrogens with two attached hydrogens (primary N) is 1. The second-order valence-electron chi connectivity index (χ2n) is 10.5. The predicted octanol–water partition coefficient (Wildman–Crippen LogP) is 3.97. The molecule has 0 saturated carbocycles. The summed E-state index contributed by atoms with van der Waals surface area (Å²) in [7, 11) is 0.143. The highest BCUT2D eigenvalue weighted by Gasteiger charge is 2.28. The number of carbonyl (C=O) groups is 3. The zero-order valence-corrected chi connectivity index (χ0v) is 26.4. The largest absolute Gasteiger partial charge is 0.364 e. The van der Waals surface area contributed by atoms with Crippen molar-refractivity contribution in [2.45, 2.75) is 17.7 Å². The Morgan fingerprint density at radius 2 is 1.64 bits per heavy atom. The quantitative estimate of drug-likeness (QED) is 0.259. The van der Waals surface area contributed by atoms with Crippen LogP contribution in [0.1, 0.15) is 32.0 Å². The molecule has 4 aromatic rings. The predicted molar refractivity (Wildman–Crippen MR) is 172 cm³/mol. The number of rotatable bonds is 8. The van der Waals surface area contributed by atoms with E-state index in [9.17, 15) is 22.8 Å². The number of carbonyl (C=O) groups excluding carboxylic acids is 3. The fourth-order valence-electron chi connectivity index (χ4n) is 5.00. The molecule has 230 valence electrons. The number of sulfone groups is 1. The number of nitrogens with zero attached hydrogens (tertiary/aromatic N) is 3. The number of amides is 3. The van der Waals surface area contributed by atoms with E-state index in [1.54, 1.807) is 60.1 Å². The number of likely N-dealkylation sites (N-methyl/N-ethyl adjacent to an activating group) is 1. The number of hydrogen-bond acceptors (Lipinski definition) is 7. The van der Waals surface area contributed by atoms with E-state index in [1.165, 1.54) is 18.2 Å². The van der Waals surface area contributed by atoms with Crippen molar-refractivity contribution in [3.05, 3.63) is 88.1 Å². The van der Waals surface area contributed by atoms with Gasteiger partial charge in [-0.2, -0.15) is 5.10 Å². The molecule has 3 amide bonds. The summed E-state index contributed by atoms with van der Waals surface area (Å²) < 4.78 is 25.5. The van der Waals surface area contributed by atoms with E-state index >= 15 is 0 Å². The van der Waals surface area contributed by atoms with Crippen LogP contribution in [0.4, 0.5) is 11.4 Å². The number of primary amides is 1. The van der Waals surface area contributed by atoms with Crippen LogP contribution < -0.4 is 16.4 Å². The molecule has 4 N–H and O–H groups in total. The average molecular weight is 658 g/mol. The molecule has 0 unspecified atom stereocenters. The Balaban J connectivity index is 0.00000442. The van der Waals surface area contributed by atoms with E-state index in [4.69, 9.17) is 17.3 Å². The van der Waals surface area contributed by atoms with Crippen molar-refractivity contribution < 1.29 is 22.8 Å². The lowest BCUT2D eigenvalue weighted by Gasteiger charge is -2.20. The molecule has 0 radical (unpaired) electrons. The Morgan fingerprint density at radius 3 is 2.27 bits per heavy atom. The Labute approximate surface area is 265 Å². The third kappa shape index (κ3) is 6.78. The molecule has 0 spiro atoms. The van der Waals surface area contributed by atoms with Crippen molar-refractivity contribution in [3.8, 4) is 16.9 Å². The maximum Gasteiger partial charge on any atom is 0.269 e. The van der Waals surface area contributed by atoms with Crippen LogP contribution in [-0.2, 0) is 27.5 Å². The van der Waals surface area contributed by atoms with Crippen LogP contribution in [0, 0.1) is 0 Å². The lowest BCUT2D eigenvalue weighted by molar-refractivity contribution is -0.116. The van der Waals surface area contributed by atoms with Crippen LogP contribution in [-0.4, -0.2) is 67.7 Å². The monoisotopic (exact) mass is 656 g/mol. The third-order valence-electron chi connectivity index (χ3n) is 6.95. The lowest BCUT2D eigenvalue weighted by Crippen LogP contribution is -2.27. The molecule has 3 aromatic carbocycles. The summed E-state index contributed by atoms with van der Waals surface area (Å²) in [5, 5.41) is 10.3. The Bertz CT molecular complexity index is 1890. The molecule has 1 aliphatic carbocycles. The highest BCUT2D eigenvalue weighted by Crippen LogP contribution is 2.38. The number of aromatic nitrogens is 2. The molecule has 1 aliphatic rings. The molecule has 1 aromatic heterocycles. The summed E-state index contributed by atoms with van der Waals surface area (Å²) in [5.74, 6) is -1.39. The highest BCUT2D eigenvalue weighted by molar-refractivity contribution is 7.90. The second-order valence-corrected chi connectivity index (χ2v) is 12.9. The van der Waals surface area contributed by atoms with Gasteiger partial charge >= 0.3 is 0 Å². The molecule has 11 nitrogen and oxygen atoms in total. The van der Waals surface area contributed by atoms with Gasteiger partial charge < -0.3 is 21.3 Å². The van der Waals surface area contributed by atoms with Gasteiger partial charge in [0.2, 0.25) is 5.91 Å². The normalized spacial score (nSPS) is 12.1. The van der Waals surface area contributed by atoms with Crippen LogP contribution in [0.2, 0.25) is 5.02 Å². The Morgan fingerprint density at radius 1 is 0.977 bits per heavy atom.